The Morgan fingerprint density at radius 1 is 0.843 bits per heavy atom. The molecule has 0 amide bonds. The molecule has 51 heavy (non-hydrogen) atoms. The van der Waals surface area contributed by atoms with E-state index in [-0.39, 0.29) is 48.6 Å². The van der Waals surface area contributed by atoms with Crippen LogP contribution < -0.4 is 0 Å². The lowest BCUT2D eigenvalue weighted by molar-refractivity contribution is -0.267. The summed E-state index contributed by atoms with van der Waals surface area (Å²) in [6.45, 7) is 4.75. The van der Waals surface area contributed by atoms with Gasteiger partial charge in [-0.3, -0.25) is 13.9 Å². The van der Waals surface area contributed by atoms with Crippen molar-refractivity contribution in [2.75, 3.05) is 0 Å². The fourth-order valence-electron chi connectivity index (χ4n) is 8.26. The molecule has 4 saturated carbocycles. The first-order valence-corrected chi connectivity index (χ1v) is 19.0. The Kier molecular flexibility index (Phi) is 10.5. The highest BCUT2D eigenvalue weighted by Crippen LogP contribution is 2.68. The topological polar surface area (TPSA) is 135 Å². The minimum Gasteiger partial charge on any atom is -0.444 e. The predicted octanol–water partition coefficient (Wildman–Crippen LogP) is 8.65. The van der Waals surface area contributed by atoms with E-state index in [4.69, 9.17) is 9.11 Å². The second kappa shape index (κ2) is 12.9. The molecule has 1 aromatic rings. The molecular weight excluding hydrogens is 781 g/mol. The van der Waals surface area contributed by atoms with Crippen molar-refractivity contribution in [3.05, 3.63) is 29.3 Å². The third-order valence-corrected chi connectivity index (χ3v) is 12.8. The van der Waals surface area contributed by atoms with Crippen LogP contribution in [0.1, 0.15) is 88.7 Å². The van der Waals surface area contributed by atoms with Crippen LogP contribution in [-0.4, -0.2) is 65.9 Å². The van der Waals surface area contributed by atoms with Gasteiger partial charge in [-0.25, -0.2) is 0 Å². The third-order valence-electron chi connectivity index (χ3n) is 10.0. The maximum absolute atomic E-state index is 14.7. The van der Waals surface area contributed by atoms with Crippen LogP contribution in [0.4, 0.5) is 48.3 Å². The number of halogens is 11. The quantitative estimate of drug-likeness (QED) is 0.0869. The summed E-state index contributed by atoms with van der Waals surface area (Å²) in [5, 5.41) is -18.3. The molecule has 0 aliphatic heterocycles. The molecular formula is C29H33F11O8S3. The van der Waals surface area contributed by atoms with Crippen LogP contribution in [0.15, 0.2) is 23.1 Å². The van der Waals surface area contributed by atoms with Crippen LogP contribution in [0.3, 0.4) is 0 Å². The summed E-state index contributed by atoms with van der Waals surface area (Å²) in [5.74, 6) is -10.1. The summed E-state index contributed by atoms with van der Waals surface area (Å²) >= 11 is -1.07. The molecule has 0 spiro atoms. The fourth-order valence-corrected chi connectivity index (χ4v) is 10.2. The van der Waals surface area contributed by atoms with Crippen LogP contribution in [0.2, 0.25) is 0 Å². The summed E-state index contributed by atoms with van der Waals surface area (Å²) in [5.41, 5.74) is -2.15. The monoisotopic (exact) mass is 814 g/mol. The molecule has 4 aliphatic rings. The Hall–Kier alpha value is -1.91. The highest BCUT2D eigenvalue weighted by atomic mass is 32.2. The maximum Gasteiger partial charge on any atom is 0.438 e. The van der Waals surface area contributed by atoms with Gasteiger partial charge in [-0.15, -0.1) is 0 Å². The molecule has 0 heterocycles. The van der Waals surface area contributed by atoms with E-state index in [9.17, 15) is 69.9 Å². The molecule has 8 nitrogen and oxygen atoms in total. The summed E-state index contributed by atoms with van der Waals surface area (Å²) in [6, 6.07) is 3.49. The number of carbonyl (C=O) groups excluding carboxylic acids is 1. The maximum atomic E-state index is 14.7. The van der Waals surface area contributed by atoms with E-state index in [1.165, 1.54) is 6.07 Å². The summed E-state index contributed by atoms with van der Waals surface area (Å²) < 4.78 is 221. The lowest BCUT2D eigenvalue weighted by atomic mass is 9.43. The van der Waals surface area contributed by atoms with Crippen LogP contribution >= 0.6 is 11.8 Å². The van der Waals surface area contributed by atoms with E-state index >= 15 is 0 Å². The number of esters is 1. The average molecular weight is 815 g/mol. The lowest BCUT2D eigenvalue weighted by Crippen LogP contribution is -2.58. The Morgan fingerprint density at radius 2 is 1.35 bits per heavy atom. The molecule has 4 fully saturated rings. The first-order chi connectivity index (χ1) is 22.7. The van der Waals surface area contributed by atoms with E-state index in [0.29, 0.717) is 19.3 Å². The van der Waals surface area contributed by atoms with Gasteiger partial charge < -0.3 is 4.74 Å². The van der Waals surface area contributed by atoms with Gasteiger partial charge in [0.05, 0.1) is 5.41 Å². The van der Waals surface area contributed by atoms with Gasteiger partial charge in [0.1, 0.15) is 0 Å². The van der Waals surface area contributed by atoms with Gasteiger partial charge in [0.2, 0.25) is 0 Å². The molecule has 4 bridgehead atoms. The predicted molar refractivity (Wildman–Crippen MR) is 158 cm³/mol. The molecule has 0 radical (unpaired) electrons. The second-order valence-electron chi connectivity index (χ2n) is 14.4. The highest BCUT2D eigenvalue weighted by Gasteiger charge is 2.78. The number of ether oxygens (including phenoxy) is 1. The SMILES string of the molecule is CC(C)c1cc(SC(F)(F)C(F)(F)C(F)(F)S(=O)(=O)O)cc(C(C)CC23CC4CC(C2)CC(C(=O)OC(C(F)(F)F)C(F)(F)S(=O)(=O)O)(C4)C3)c1. The van der Waals surface area contributed by atoms with Gasteiger partial charge in [-0.05, 0) is 109 Å². The molecule has 22 heteroatoms. The Labute approximate surface area is 289 Å². The minimum absolute atomic E-state index is 0.0679. The second-order valence-corrected chi connectivity index (χ2v) is 18.5. The fraction of sp³-hybridized carbons (Fsp3) is 0.759. The van der Waals surface area contributed by atoms with E-state index in [0.717, 1.165) is 12.1 Å². The summed E-state index contributed by atoms with van der Waals surface area (Å²) in [6.07, 6.45) is -9.55. The summed E-state index contributed by atoms with van der Waals surface area (Å²) in [7, 11) is -13.7. The van der Waals surface area contributed by atoms with Gasteiger partial charge in [-0.2, -0.15) is 65.1 Å². The van der Waals surface area contributed by atoms with Crippen molar-refractivity contribution in [1.82, 2.24) is 0 Å². The van der Waals surface area contributed by atoms with Crippen LogP contribution in [0, 0.1) is 22.7 Å². The van der Waals surface area contributed by atoms with Gasteiger partial charge >= 0.3 is 54.1 Å². The zero-order valence-corrected chi connectivity index (χ0v) is 29.2. The molecule has 2 N–H and O–H groups in total. The van der Waals surface area contributed by atoms with Crippen molar-refractivity contribution >= 4 is 38.0 Å². The molecule has 4 unspecified atom stereocenters. The number of carbonyl (C=O) groups is 1. The smallest absolute Gasteiger partial charge is 0.438 e. The Bertz CT molecular complexity index is 1730. The zero-order valence-electron chi connectivity index (χ0n) is 26.8. The highest BCUT2D eigenvalue weighted by molar-refractivity contribution is 8.00. The van der Waals surface area contributed by atoms with E-state index < -0.39 is 99.5 Å². The van der Waals surface area contributed by atoms with E-state index in [1.54, 1.807) is 20.8 Å². The van der Waals surface area contributed by atoms with Crippen LogP contribution in [0.5, 0.6) is 0 Å². The zero-order chi connectivity index (χ0) is 39.2. The van der Waals surface area contributed by atoms with Crippen molar-refractivity contribution in [1.29, 1.82) is 0 Å². The largest absolute Gasteiger partial charge is 0.444 e. The van der Waals surface area contributed by atoms with Crippen LogP contribution in [-0.2, 0) is 29.8 Å². The lowest BCUT2D eigenvalue weighted by Gasteiger charge is -2.61. The number of rotatable bonds is 13. The van der Waals surface area contributed by atoms with Gasteiger partial charge in [0, 0.05) is 4.90 Å². The molecule has 1 aromatic carbocycles. The average Bonchev–Trinajstić information content (AvgIpc) is 2.92. The van der Waals surface area contributed by atoms with Gasteiger partial charge in [0.15, 0.2) is 0 Å². The number of hydrogen-bond donors (Lipinski definition) is 2. The molecule has 5 rings (SSSR count). The third kappa shape index (κ3) is 7.58. The number of thioether (sulfide) groups is 1. The molecule has 4 atom stereocenters. The normalized spacial score (nSPS) is 27.5. The number of alkyl halides is 11. The molecule has 0 aromatic heterocycles. The molecule has 4 aliphatic carbocycles. The Balaban J connectivity index is 1.65. The number of hydrogen-bond acceptors (Lipinski definition) is 7. The van der Waals surface area contributed by atoms with Crippen LogP contribution in [0.25, 0.3) is 0 Å². The molecule has 0 saturated heterocycles. The van der Waals surface area contributed by atoms with E-state index in [2.05, 4.69) is 4.74 Å². The van der Waals surface area contributed by atoms with Gasteiger partial charge in [-0.1, -0.05) is 26.8 Å². The van der Waals surface area contributed by atoms with Crippen molar-refractivity contribution in [2.45, 2.75) is 116 Å². The first-order valence-electron chi connectivity index (χ1n) is 15.3. The van der Waals surface area contributed by atoms with Crippen molar-refractivity contribution < 1.29 is 83.8 Å². The number of benzene rings is 1. The van der Waals surface area contributed by atoms with Gasteiger partial charge in [0.25, 0.3) is 6.10 Å². The van der Waals surface area contributed by atoms with Crippen molar-refractivity contribution in [3.8, 4) is 0 Å². The first kappa shape index (κ1) is 41.8. The van der Waals surface area contributed by atoms with Crippen molar-refractivity contribution in [3.63, 3.8) is 0 Å². The van der Waals surface area contributed by atoms with Crippen molar-refractivity contribution in [2.24, 2.45) is 22.7 Å². The Morgan fingerprint density at radius 3 is 1.80 bits per heavy atom. The molecule has 292 valence electrons. The standard InChI is InChI=1S/C29H33F11O8S3/c1-14(2)18-5-19(7-20(6-18)49-28(37,38)27(35,36)29(39,40)51(45,46)47)15(3)8-23-9-16-4-17(10-23)12-24(11-16,13-23)22(41)48-21(25(30,31)32)26(33,34)50(42,43)44/h5-7,14-17,21H,4,8-13H2,1-3H3,(H,42,43,44)(H,45,46,47). The van der Waals surface area contributed by atoms with E-state index in [1.807, 2.05) is 0 Å². The summed E-state index contributed by atoms with van der Waals surface area (Å²) in [4.78, 5) is 12.7. The minimum atomic E-state index is -6.98.